The van der Waals surface area contributed by atoms with E-state index in [1.54, 1.807) is 23.1 Å². The topological polar surface area (TPSA) is 136 Å². The number of carbonyl (C=O) groups is 2. The molecule has 0 bridgehead atoms. The molecule has 11 nitrogen and oxygen atoms in total. The SMILES string of the molecule is CNC(=O)c1cc(Oc2ccc(NC(=O)Nc3cn(C(C)C)nc3-c3ccc4ncncc4c3)c(F)c2)ccn1. The van der Waals surface area contributed by atoms with Gasteiger partial charge >= 0.3 is 6.03 Å². The van der Waals surface area contributed by atoms with Crippen molar-refractivity contribution >= 4 is 34.2 Å². The molecule has 2 aromatic carbocycles. The standard InChI is InChI=1S/C28H25FN8O3/c1-16(2)37-14-25(26(36-37)17-4-6-22-18(10-17)13-31-15-33-22)35-28(39)34-23-7-5-19(11-21(23)29)40-20-8-9-32-24(12-20)27(38)30-3/h4-16H,1-3H3,(H,30,38)(H2,34,35,39). The molecule has 0 aliphatic heterocycles. The lowest BCUT2D eigenvalue weighted by Crippen LogP contribution is -2.20. The molecular formula is C28H25FN8O3. The summed E-state index contributed by atoms with van der Waals surface area (Å²) in [5, 5.41) is 13.3. The molecule has 202 valence electrons. The van der Waals surface area contributed by atoms with E-state index in [0.29, 0.717) is 17.1 Å². The first kappa shape index (κ1) is 26.2. The third-order valence-corrected chi connectivity index (χ3v) is 5.90. The number of carbonyl (C=O) groups excluding carboxylic acids is 2. The Labute approximate surface area is 228 Å². The van der Waals surface area contributed by atoms with Gasteiger partial charge in [0.15, 0.2) is 0 Å². The number of aromatic nitrogens is 5. The predicted molar refractivity (Wildman–Crippen MR) is 148 cm³/mol. The average Bonchev–Trinajstić information content (AvgIpc) is 3.38. The Kier molecular flexibility index (Phi) is 7.31. The molecule has 0 spiro atoms. The van der Waals surface area contributed by atoms with Gasteiger partial charge in [0.2, 0.25) is 0 Å². The number of pyridine rings is 1. The minimum absolute atomic E-state index is 0.0407. The number of benzene rings is 2. The van der Waals surface area contributed by atoms with Crippen LogP contribution in [0.4, 0.5) is 20.6 Å². The molecule has 0 unspecified atom stereocenters. The van der Waals surface area contributed by atoms with E-state index in [1.165, 1.54) is 37.8 Å². The van der Waals surface area contributed by atoms with Gasteiger partial charge < -0.3 is 20.7 Å². The molecule has 0 aliphatic rings. The lowest BCUT2D eigenvalue weighted by molar-refractivity contribution is 0.0957. The lowest BCUT2D eigenvalue weighted by Gasteiger charge is -2.11. The maximum Gasteiger partial charge on any atom is 0.323 e. The first-order valence-corrected chi connectivity index (χ1v) is 12.3. The second kappa shape index (κ2) is 11.2. The average molecular weight is 541 g/mol. The molecule has 0 saturated heterocycles. The van der Waals surface area contributed by atoms with Crippen molar-refractivity contribution in [3.05, 3.63) is 85.0 Å². The number of nitrogens with zero attached hydrogens (tertiary/aromatic N) is 5. The summed E-state index contributed by atoms with van der Waals surface area (Å²) in [6, 6.07) is 12.0. The van der Waals surface area contributed by atoms with Gasteiger partial charge in [-0.3, -0.25) is 14.5 Å². The van der Waals surface area contributed by atoms with Gasteiger partial charge in [-0.2, -0.15) is 5.10 Å². The number of anilines is 2. The van der Waals surface area contributed by atoms with Crippen LogP contribution in [0.25, 0.3) is 22.2 Å². The summed E-state index contributed by atoms with van der Waals surface area (Å²) in [5.74, 6) is -0.598. The van der Waals surface area contributed by atoms with Gasteiger partial charge in [-0.15, -0.1) is 0 Å². The highest BCUT2D eigenvalue weighted by molar-refractivity contribution is 6.02. The molecule has 5 aromatic rings. The van der Waals surface area contributed by atoms with Crippen molar-refractivity contribution in [3.63, 3.8) is 0 Å². The molecule has 3 heterocycles. The van der Waals surface area contributed by atoms with Crippen LogP contribution in [0.3, 0.4) is 0 Å². The fraction of sp³-hybridized carbons (Fsp3) is 0.143. The molecule has 0 fully saturated rings. The summed E-state index contributed by atoms with van der Waals surface area (Å²) in [5.41, 5.74) is 2.66. The van der Waals surface area contributed by atoms with Gasteiger partial charge in [0.25, 0.3) is 5.91 Å². The minimum Gasteiger partial charge on any atom is -0.457 e. The molecule has 3 aromatic heterocycles. The van der Waals surface area contributed by atoms with Crippen molar-refractivity contribution < 1.29 is 18.7 Å². The largest absolute Gasteiger partial charge is 0.457 e. The summed E-state index contributed by atoms with van der Waals surface area (Å²) in [6.07, 6.45) is 6.32. The number of hydrogen-bond acceptors (Lipinski definition) is 7. The Morgan fingerprint density at radius 3 is 2.55 bits per heavy atom. The van der Waals surface area contributed by atoms with Gasteiger partial charge in [-0.25, -0.2) is 19.2 Å². The second-order valence-electron chi connectivity index (χ2n) is 9.04. The zero-order valence-corrected chi connectivity index (χ0v) is 21.8. The number of rotatable bonds is 7. The van der Waals surface area contributed by atoms with E-state index in [-0.39, 0.29) is 29.1 Å². The van der Waals surface area contributed by atoms with Gasteiger partial charge in [0.1, 0.15) is 35.0 Å². The fourth-order valence-electron chi connectivity index (χ4n) is 3.89. The Morgan fingerprint density at radius 1 is 0.975 bits per heavy atom. The van der Waals surface area contributed by atoms with E-state index < -0.39 is 11.8 Å². The van der Waals surface area contributed by atoms with E-state index in [0.717, 1.165) is 22.5 Å². The summed E-state index contributed by atoms with van der Waals surface area (Å²) in [4.78, 5) is 37.0. The van der Waals surface area contributed by atoms with Crippen LogP contribution < -0.4 is 20.7 Å². The Morgan fingerprint density at radius 2 is 1.77 bits per heavy atom. The van der Waals surface area contributed by atoms with Crippen molar-refractivity contribution in [2.75, 3.05) is 17.7 Å². The van der Waals surface area contributed by atoms with Crippen LogP contribution in [0, 0.1) is 5.82 Å². The minimum atomic E-state index is -0.708. The van der Waals surface area contributed by atoms with Gasteiger partial charge in [0, 0.05) is 54.8 Å². The number of fused-ring (bicyclic) bond motifs is 1. The molecule has 12 heteroatoms. The number of ether oxygens (including phenoxy) is 1. The molecule has 40 heavy (non-hydrogen) atoms. The third-order valence-electron chi connectivity index (χ3n) is 5.90. The third kappa shape index (κ3) is 5.70. The molecular weight excluding hydrogens is 515 g/mol. The van der Waals surface area contributed by atoms with Gasteiger partial charge in [0.05, 0.1) is 16.9 Å². The molecule has 0 radical (unpaired) electrons. The molecule has 3 amide bonds. The Balaban J connectivity index is 1.33. The van der Waals surface area contributed by atoms with E-state index in [9.17, 15) is 14.0 Å². The molecule has 0 aliphatic carbocycles. The maximum atomic E-state index is 14.9. The highest BCUT2D eigenvalue weighted by atomic mass is 19.1. The van der Waals surface area contributed by atoms with Crippen LogP contribution in [0.2, 0.25) is 0 Å². The molecule has 0 atom stereocenters. The summed E-state index contributed by atoms with van der Waals surface area (Å²) in [7, 11) is 1.49. The fourth-order valence-corrected chi connectivity index (χ4v) is 3.89. The zero-order valence-electron chi connectivity index (χ0n) is 21.8. The number of halogens is 1. The number of amides is 3. The zero-order chi connectivity index (χ0) is 28.2. The van der Waals surface area contributed by atoms with Crippen molar-refractivity contribution in [2.24, 2.45) is 0 Å². The van der Waals surface area contributed by atoms with Crippen LogP contribution in [-0.4, -0.2) is 43.7 Å². The van der Waals surface area contributed by atoms with Crippen LogP contribution in [0.15, 0.2) is 73.4 Å². The van der Waals surface area contributed by atoms with E-state index in [4.69, 9.17) is 4.74 Å². The van der Waals surface area contributed by atoms with Gasteiger partial charge in [-0.05, 0) is 44.2 Å². The number of hydrogen-bond donors (Lipinski definition) is 3. The van der Waals surface area contributed by atoms with Crippen LogP contribution in [-0.2, 0) is 0 Å². The van der Waals surface area contributed by atoms with Crippen LogP contribution in [0.5, 0.6) is 11.5 Å². The van der Waals surface area contributed by atoms with E-state index in [2.05, 4.69) is 36.0 Å². The predicted octanol–water partition coefficient (Wildman–Crippen LogP) is 5.40. The summed E-state index contributed by atoms with van der Waals surface area (Å²) >= 11 is 0. The molecule has 3 N–H and O–H groups in total. The van der Waals surface area contributed by atoms with E-state index >= 15 is 0 Å². The summed E-state index contributed by atoms with van der Waals surface area (Å²) in [6.45, 7) is 3.94. The summed E-state index contributed by atoms with van der Waals surface area (Å²) < 4.78 is 22.3. The van der Waals surface area contributed by atoms with Crippen LogP contribution >= 0.6 is 0 Å². The first-order valence-electron chi connectivity index (χ1n) is 12.3. The molecule has 0 saturated carbocycles. The van der Waals surface area contributed by atoms with Crippen LogP contribution in [0.1, 0.15) is 30.4 Å². The maximum absolute atomic E-state index is 14.9. The smallest absolute Gasteiger partial charge is 0.323 e. The second-order valence-corrected chi connectivity index (χ2v) is 9.04. The van der Waals surface area contributed by atoms with Crippen molar-refractivity contribution in [1.29, 1.82) is 0 Å². The van der Waals surface area contributed by atoms with Crippen molar-refractivity contribution in [1.82, 2.24) is 30.0 Å². The monoisotopic (exact) mass is 540 g/mol. The first-order chi connectivity index (χ1) is 19.3. The number of nitrogens with one attached hydrogen (secondary N) is 3. The van der Waals surface area contributed by atoms with Gasteiger partial charge in [-0.1, -0.05) is 6.07 Å². The Bertz CT molecular complexity index is 1720. The molecule has 5 rings (SSSR count). The number of urea groups is 1. The lowest BCUT2D eigenvalue weighted by atomic mass is 10.1. The van der Waals surface area contributed by atoms with E-state index in [1.807, 2.05) is 32.0 Å². The highest BCUT2D eigenvalue weighted by Crippen LogP contribution is 2.31. The highest BCUT2D eigenvalue weighted by Gasteiger charge is 2.17. The van der Waals surface area contributed by atoms with Crippen molar-refractivity contribution in [2.45, 2.75) is 19.9 Å². The Hall–Kier alpha value is -5.39. The van der Waals surface area contributed by atoms with Crippen molar-refractivity contribution in [3.8, 4) is 22.8 Å². The quantitative estimate of drug-likeness (QED) is 0.251. The normalized spacial score (nSPS) is 10.9.